The Morgan fingerprint density at radius 2 is 1.77 bits per heavy atom. The molecule has 1 unspecified atom stereocenters. The van der Waals surface area contributed by atoms with Crippen LogP contribution in [-0.4, -0.2) is 33.9 Å². The molecule has 5 rings (SSSR count). The Morgan fingerprint density at radius 3 is 2.49 bits per heavy atom. The van der Waals surface area contributed by atoms with Crippen molar-refractivity contribution >= 4 is 34.4 Å². The van der Waals surface area contributed by atoms with Crippen molar-refractivity contribution in [1.82, 2.24) is 9.97 Å². The number of carbonyl (C=O) groups is 2. The van der Waals surface area contributed by atoms with Gasteiger partial charge in [-0.1, -0.05) is 42.0 Å². The standard InChI is InChI=1S/C28H25N3O4/c1-15-8-7-9-18(12-15)24-23(25(32)19-13-17(3)22(35-4)14-16(19)2)26(33)27(34)31(24)28-29-20-10-5-6-11-21(20)30-28/h5-14,24,32H,1-4H3,(H,29,30)/b25-23+. The van der Waals surface area contributed by atoms with Gasteiger partial charge in [0, 0.05) is 5.56 Å². The highest BCUT2D eigenvalue weighted by molar-refractivity contribution is 6.51. The number of H-pyrrole nitrogens is 1. The molecule has 176 valence electrons. The molecule has 0 saturated carbocycles. The largest absolute Gasteiger partial charge is 0.507 e. The van der Waals surface area contributed by atoms with Crippen LogP contribution in [0, 0.1) is 20.8 Å². The molecule has 1 saturated heterocycles. The Hall–Kier alpha value is -4.39. The van der Waals surface area contributed by atoms with Crippen LogP contribution < -0.4 is 9.64 Å². The summed E-state index contributed by atoms with van der Waals surface area (Å²) in [6.45, 7) is 5.63. The first-order chi connectivity index (χ1) is 16.8. The molecule has 1 aromatic heterocycles. The van der Waals surface area contributed by atoms with E-state index in [4.69, 9.17) is 4.74 Å². The number of benzene rings is 3. The van der Waals surface area contributed by atoms with Crippen molar-refractivity contribution in [2.45, 2.75) is 26.8 Å². The third-order valence-corrected chi connectivity index (χ3v) is 6.40. The summed E-state index contributed by atoms with van der Waals surface area (Å²) < 4.78 is 5.39. The van der Waals surface area contributed by atoms with Crippen molar-refractivity contribution < 1.29 is 19.4 Å². The lowest BCUT2D eigenvalue weighted by atomic mass is 9.92. The van der Waals surface area contributed by atoms with Crippen LogP contribution in [0.15, 0.2) is 66.2 Å². The zero-order valence-corrected chi connectivity index (χ0v) is 19.9. The van der Waals surface area contributed by atoms with Gasteiger partial charge in [0.25, 0.3) is 5.78 Å². The fraction of sp³-hybridized carbons (Fsp3) is 0.179. The summed E-state index contributed by atoms with van der Waals surface area (Å²) in [6, 6.07) is 17.7. The van der Waals surface area contributed by atoms with Crippen molar-refractivity contribution in [3.8, 4) is 5.75 Å². The number of imidazole rings is 1. The first kappa shape index (κ1) is 22.4. The molecule has 0 bridgehead atoms. The van der Waals surface area contributed by atoms with Gasteiger partial charge in [0.1, 0.15) is 11.5 Å². The van der Waals surface area contributed by atoms with Gasteiger partial charge in [-0.2, -0.15) is 0 Å². The predicted octanol–water partition coefficient (Wildman–Crippen LogP) is 5.12. The number of hydrogen-bond acceptors (Lipinski definition) is 5. The Morgan fingerprint density at radius 1 is 1.00 bits per heavy atom. The third kappa shape index (κ3) is 3.65. The minimum atomic E-state index is -0.850. The zero-order chi connectivity index (χ0) is 24.9. The van der Waals surface area contributed by atoms with Gasteiger partial charge in [0.15, 0.2) is 0 Å². The number of anilines is 1. The summed E-state index contributed by atoms with van der Waals surface area (Å²) in [6.07, 6.45) is 0. The topological polar surface area (TPSA) is 95.5 Å². The third-order valence-electron chi connectivity index (χ3n) is 6.40. The van der Waals surface area contributed by atoms with Gasteiger partial charge < -0.3 is 14.8 Å². The van der Waals surface area contributed by atoms with Crippen LogP contribution >= 0.6 is 0 Å². The molecule has 1 amide bonds. The second-order valence-electron chi connectivity index (χ2n) is 8.80. The summed E-state index contributed by atoms with van der Waals surface area (Å²) in [5, 5.41) is 11.5. The zero-order valence-electron chi connectivity index (χ0n) is 19.9. The Labute approximate surface area is 202 Å². The number of aromatic amines is 1. The highest BCUT2D eigenvalue weighted by Gasteiger charge is 2.48. The number of ketones is 1. The van der Waals surface area contributed by atoms with Crippen LogP contribution in [0.1, 0.15) is 33.9 Å². The molecule has 7 nitrogen and oxygen atoms in total. The lowest BCUT2D eigenvalue weighted by Gasteiger charge is -2.23. The molecule has 2 heterocycles. The van der Waals surface area contributed by atoms with Gasteiger partial charge in [-0.3, -0.25) is 14.5 Å². The maximum atomic E-state index is 13.4. The summed E-state index contributed by atoms with van der Waals surface area (Å²) in [5.41, 5.74) is 5.12. The number of hydrogen-bond donors (Lipinski definition) is 2. The second kappa shape index (κ2) is 8.43. The lowest BCUT2D eigenvalue weighted by molar-refractivity contribution is -0.132. The van der Waals surface area contributed by atoms with Crippen LogP contribution in [0.25, 0.3) is 16.8 Å². The maximum Gasteiger partial charge on any atom is 0.302 e. The van der Waals surface area contributed by atoms with Crippen LogP contribution in [0.3, 0.4) is 0 Å². The Bertz CT molecular complexity index is 1500. The number of nitrogens with zero attached hydrogens (tertiary/aromatic N) is 2. The van der Waals surface area contributed by atoms with Gasteiger partial charge in [0.2, 0.25) is 5.95 Å². The average Bonchev–Trinajstić information content (AvgIpc) is 3.38. The van der Waals surface area contributed by atoms with E-state index in [9.17, 15) is 14.7 Å². The first-order valence-corrected chi connectivity index (χ1v) is 11.3. The van der Waals surface area contributed by atoms with Crippen LogP contribution in [0.2, 0.25) is 0 Å². The Kier molecular flexibility index (Phi) is 5.40. The first-order valence-electron chi connectivity index (χ1n) is 11.3. The molecule has 0 spiro atoms. The number of aryl methyl sites for hydroxylation is 3. The van der Waals surface area contributed by atoms with Crippen LogP contribution in [-0.2, 0) is 9.59 Å². The number of ether oxygens (including phenoxy) is 1. The molecule has 0 radical (unpaired) electrons. The number of nitrogens with one attached hydrogen (secondary N) is 1. The number of aromatic nitrogens is 2. The number of Topliss-reactive ketones (excluding diaryl/α,β-unsaturated/α-hetero) is 1. The van der Waals surface area contributed by atoms with Crippen molar-refractivity contribution in [2.75, 3.05) is 12.0 Å². The van der Waals surface area contributed by atoms with Crippen molar-refractivity contribution in [3.05, 3.63) is 94.1 Å². The molecule has 0 aliphatic carbocycles. The number of amides is 1. The van der Waals surface area contributed by atoms with Gasteiger partial charge in [-0.05, 0) is 61.7 Å². The minimum absolute atomic E-state index is 0.0220. The number of fused-ring (bicyclic) bond motifs is 1. The second-order valence-corrected chi connectivity index (χ2v) is 8.80. The van der Waals surface area contributed by atoms with E-state index < -0.39 is 17.7 Å². The number of aliphatic hydroxyl groups excluding tert-OH is 1. The van der Waals surface area contributed by atoms with Crippen LogP contribution in [0.4, 0.5) is 5.95 Å². The van der Waals surface area contributed by atoms with Crippen molar-refractivity contribution in [3.63, 3.8) is 0 Å². The maximum absolute atomic E-state index is 13.4. The average molecular weight is 468 g/mol. The summed E-state index contributed by atoms with van der Waals surface area (Å²) in [4.78, 5) is 35.9. The molecule has 1 aliphatic rings. The molecule has 4 aromatic rings. The minimum Gasteiger partial charge on any atom is -0.507 e. The van der Waals surface area contributed by atoms with Gasteiger partial charge in [-0.25, -0.2) is 4.98 Å². The van der Waals surface area contributed by atoms with E-state index in [2.05, 4.69) is 9.97 Å². The normalized spacial score (nSPS) is 17.4. The molecule has 1 fully saturated rings. The van der Waals surface area contributed by atoms with E-state index in [-0.39, 0.29) is 17.3 Å². The molecular weight excluding hydrogens is 442 g/mol. The van der Waals surface area contributed by atoms with E-state index >= 15 is 0 Å². The quantitative estimate of drug-likeness (QED) is 0.247. The molecule has 35 heavy (non-hydrogen) atoms. The highest BCUT2D eigenvalue weighted by Crippen LogP contribution is 2.42. The lowest BCUT2D eigenvalue weighted by Crippen LogP contribution is -2.30. The number of aliphatic hydroxyl groups is 1. The summed E-state index contributed by atoms with van der Waals surface area (Å²) in [7, 11) is 1.58. The van der Waals surface area contributed by atoms with Gasteiger partial charge in [-0.15, -0.1) is 0 Å². The van der Waals surface area contributed by atoms with E-state index in [1.807, 2.05) is 69.3 Å². The van der Waals surface area contributed by atoms with E-state index in [1.54, 1.807) is 19.2 Å². The number of rotatable bonds is 4. The monoisotopic (exact) mass is 467 g/mol. The fourth-order valence-corrected chi connectivity index (χ4v) is 4.67. The molecule has 7 heteroatoms. The molecule has 1 aliphatic heterocycles. The summed E-state index contributed by atoms with van der Waals surface area (Å²) in [5.74, 6) is -0.808. The highest BCUT2D eigenvalue weighted by atomic mass is 16.5. The van der Waals surface area contributed by atoms with Crippen molar-refractivity contribution in [2.24, 2.45) is 0 Å². The SMILES string of the molecule is COc1cc(C)c(/C(O)=C2\C(=O)C(=O)N(c3nc4ccccc4[nH]3)C2c2cccc(C)c2)cc1C. The predicted molar refractivity (Wildman–Crippen MR) is 135 cm³/mol. The Balaban J connectivity index is 1.76. The van der Waals surface area contributed by atoms with Gasteiger partial charge in [0.05, 0.1) is 29.8 Å². The molecule has 1 atom stereocenters. The smallest absolute Gasteiger partial charge is 0.302 e. The summed E-state index contributed by atoms with van der Waals surface area (Å²) >= 11 is 0. The number of carbonyl (C=O) groups excluding carboxylic acids is 2. The van der Waals surface area contributed by atoms with E-state index in [1.165, 1.54) is 4.90 Å². The van der Waals surface area contributed by atoms with Crippen LogP contribution in [0.5, 0.6) is 5.75 Å². The molecular formula is C28H25N3O4. The molecule has 3 aromatic carbocycles. The van der Waals surface area contributed by atoms with E-state index in [0.29, 0.717) is 22.4 Å². The van der Waals surface area contributed by atoms with Crippen molar-refractivity contribution in [1.29, 1.82) is 0 Å². The number of para-hydroxylation sites is 2. The van der Waals surface area contributed by atoms with E-state index in [0.717, 1.165) is 22.2 Å². The number of methoxy groups -OCH3 is 1. The van der Waals surface area contributed by atoms with Gasteiger partial charge >= 0.3 is 5.91 Å². The molecule has 2 N–H and O–H groups in total. The fourth-order valence-electron chi connectivity index (χ4n) is 4.67.